The average Bonchev–Trinajstić information content (AvgIpc) is 2.89. The van der Waals surface area contributed by atoms with Crippen LogP contribution in [0.25, 0.3) is 15.2 Å². The van der Waals surface area contributed by atoms with Crippen LogP contribution in [-0.4, -0.2) is 19.8 Å². The van der Waals surface area contributed by atoms with Crippen LogP contribution < -0.4 is 0 Å². The Morgan fingerprint density at radius 3 is 3.06 bits per heavy atom. The summed E-state index contributed by atoms with van der Waals surface area (Å²) >= 11 is 3.04. The molecule has 0 saturated carbocycles. The van der Waals surface area contributed by atoms with E-state index in [1.165, 1.54) is 16.5 Å². The molecule has 84 valence electrons. The lowest BCUT2D eigenvalue weighted by atomic mass is 10.3. The maximum absolute atomic E-state index is 8.84. The van der Waals surface area contributed by atoms with Gasteiger partial charge in [0, 0.05) is 0 Å². The standard InChI is InChI=1S/C11H8N4S2/c1-7(6-12)16-10-13-14-11-15(10)8-4-2-3-5-9(8)17-11/h2-5,7H,1H3. The van der Waals surface area contributed by atoms with Crippen LogP contribution in [0.15, 0.2) is 29.4 Å². The lowest BCUT2D eigenvalue weighted by Gasteiger charge is -1.99. The van der Waals surface area contributed by atoms with Crippen molar-refractivity contribution in [1.82, 2.24) is 14.6 Å². The number of hydrogen-bond donors (Lipinski definition) is 0. The van der Waals surface area contributed by atoms with Gasteiger partial charge in [-0.15, -0.1) is 10.2 Å². The minimum atomic E-state index is -0.124. The van der Waals surface area contributed by atoms with Crippen LogP contribution in [0.1, 0.15) is 6.92 Å². The van der Waals surface area contributed by atoms with Gasteiger partial charge in [-0.05, 0) is 19.1 Å². The Morgan fingerprint density at radius 2 is 2.24 bits per heavy atom. The first-order chi connectivity index (χ1) is 8.29. The van der Waals surface area contributed by atoms with E-state index >= 15 is 0 Å². The number of nitriles is 1. The number of rotatable bonds is 2. The molecule has 3 aromatic rings. The summed E-state index contributed by atoms with van der Waals surface area (Å²) in [5.74, 6) is 0. The molecule has 17 heavy (non-hydrogen) atoms. The zero-order valence-corrected chi connectivity index (χ0v) is 10.6. The third-order valence-electron chi connectivity index (χ3n) is 2.38. The normalized spacial score (nSPS) is 12.9. The number of hydrogen-bond acceptors (Lipinski definition) is 5. The molecular formula is C11H8N4S2. The van der Waals surface area contributed by atoms with E-state index in [1.807, 2.05) is 29.5 Å². The minimum absolute atomic E-state index is 0.124. The summed E-state index contributed by atoms with van der Waals surface area (Å²) in [7, 11) is 0. The van der Waals surface area contributed by atoms with Crippen LogP contribution in [-0.2, 0) is 0 Å². The predicted octanol–water partition coefficient (Wildman–Crippen LogP) is 2.95. The molecule has 0 N–H and O–H groups in total. The Bertz CT molecular complexity index is 722. The van der Waals surface area contributed by atoms with Gasteiger partial charge in [0.1, 0.15) is 0 Å². The highest BCUT2D eigenvalue weighted by molar-refractivity contribution is 8.00. The molecule has 0 fully saturated rings. The maximum Gasteiger partial charge on any atom is 0.217 e. The van der Waals surface area contributed by atoms with Crippen molar-refractivity contribution in [3.8, 4) is 6.07 Å². The molecule has 0 aliphatic rings. The number of thioether (sulfide) groups is 1. The molecular weight excluding hydrogens is 252 g/mol. The van der Waals surface area contributed by atoms with Crippen molar-refractivity contribution in [2.75, 3.05) is 0 Å². The Hall–Kier alpha value is -1.58. The van der Waals surface area contributed by atoms with E-state index < -0.39 is 0 Å². The van der Waals surface area contributed by atoms with Crippen molar-refractivity contribution in [2.24, 2.45) is 0 Å². The largest absolute Gasteiger partial charge is 0.260 e. The van der Waals surface area contributed by atoms with E-state index in [1.54, 1.807) is 11.3 Å². The molecule has 1 unspecified atom stereocenters. The van der Waals surface area contributed by atoms with E-state index in [0.29, 0.717) is 0 Å². The fourth-order valence-electron chi connectivity index (χ4n) is 1.62. The Morgan fingerprint density at radius 1 is 1.41 bits per heavy atom. The molecule has 0 amide bonds. The van der Waals surface area contributed by atoms with Crippen molar-refractivity contribution >= 4 is 38.3 Å². The van der Waals surface area contributed by atoms with E-state index in [2.05, 4.69) is 22.3 Å². The molecule has 1 aromatic carbocycles. The van der Waals surface area contributed by atoms with Crippen LogP contribution in [0, 0.1) is 11.3 Å². The second-order valence-electron chi connectivity index (χ2n) is 3.56. The predicted molar refractivity (Wildman–Crippen MR) is 69.3 cm³/mol. The van der Waals surface area contributed by atoms with E-state index in [4.69, 9.17) is 5.26 Å². The molecule has 4 nitrogen and oxygen atoms in total. The van der Waals surface area contributed by atoms with Gasteiger partial charge < -0.3 is 0 Å². The zero-order valence-electron chi connectivity index (χ0n) is 8.99. The summed E-state index contributed by atoms with van der Waals surface area (Å²) in [6.45, 7) is 1.86. The Kier molecular flexibility index (Phi) is 2.50. The number of fused-ring (bicyclic) bond motifs is 3. The molecule has 0 aliphatic carbocycles. The zero-order chi connectivity index (χ0) is 11.8. The van der Waals surface area contributed by atoms with Crippen molar-refractivity contribution in [2.45, 2.75) is 17.3 Å². The molecule has 0 spiro atoms. The first kappa shape index (κ1) is 10.6. The molecule has 6 heteroatoms. The van der Waals surface area contributed by atoms with Gasteiger partial charge in [-0.25, -0.2) is 0 Å². The fourth-order valence-corrected chi connectivity index (χ4v) is 3.39. The van der Waals surface area contributed by atoms with Crippen LogP contribution in [0.5, 0.6) is 0 Å². The van der Waals surface area contributed by atoms with Crippen LogP contribution in [0.2, 0.25) is 0 Å². The van der Waals surface area contributed by atoms with E-state index in [-0.39, 0.29) is 5.25 Å². The van der Waals surface area contributed by atoms with Crippen molar-refractivity contribution < 1.29 is 0 Å². The summed E-state index contributed by atoms with van der Waals surface area (Å²) in [6.07, 6.45) is 0. The molecule has 2 heterocycles. The number of aromatic nitrogens is 3. The van der Waals surface area contributed by atoms with Gasteiger partial charge in [0.25, 0.3) is 0 Å². The first-order valence-corrected chi connectivity index (χ1v) is 6.78. The Labute approximate surface area is 106 Å². The average molecular weight is 260 g/mol. The van der Waals surface area contributed by atoms with E-state index in [0.717, 1.165) is 15.6 Å². The van der Waals surface area contributed by atoms with Crippen LogP contribution >= 0.6 is 23.1 Å². The maximum atomic E-state index is 8.84. The molecule has 0 bridgehead atoms. The molecule has 0 radical (unpaired) electrons. The number of para-hydroxylation sites is 1. The molecule has 3 rings (SSSR count). The second-order valence-corrected chi connectivity index (χ2v) is 5.88. The number of thiazole rings is 1. The lowest BCUT2D eigenvalue weighted by Crippen LogP contribution is -1.93. The summed E-state index contributed by atoms with van der Waals surface area (Å²) in [6, 6.07) is 10.3. The minimum Gasteiger partial charge on any atom is -0.260 e. The molecule has 0 aliphatic heterocycles. The van der Waals surface area contributed by atoms with Gasteiger partial charge >= 0.3 is 0 Å². The van der Waals surface area contributed by atoms with Gasteiger partial charge in [-0.2, -0.15) is 5.26 Å². The third-order valence-corrected chi connectivity index (χ3v) is 4.32. The molecule has 0 saturated heterocycles. The molecule has 1 atom stereocenters. The van der Waals surface area contributed by atoms with Crippen molar-refractivity contribution in [3.63, 3.8) is 0 Å². The topological polar surface area (TPSA) is 54.0 Å². The quantitative estimate of drug-likeness (QED) is 0.665. The highest BCUT2D eigenvalue weighted by Gasteiger charge is 2.14. The Balaban J connectivity index is 2.23. The summed E-state index contributed by atoms with van der Waals surface area (Å²) < 4.78 is 3.20. The van der Waals surface area contributed by atoms with E-state index in [9.17, 15) is 0 Å². The van der Waals surface area contributed by atoms with Crippen molar-refractivity contribution in [1.29, 1.82) is 5.26 Å². The van der Waals surface area contributed by atoms with Gasteiger partial charge in [-0.3, -0.25) is 4.40 Å². The smallest absolute Gasteiger partial charge is 0.217 e. The van der Waals surface area contributed by atoms with Gasteiger partial charge in [0.05, 0.1) is 21.5 Å². The fraction of sp³-hybridized carbons (Fsp3) is 0.182. The monoisotopic (exact) mass is 260 g/mol. The number of benzene rings is 1. The SMILES string of the molecule is CC(C#N)Sc1nnc2sc3ccccc3n12. The van der Waals surface area contributed by atoms with Crippen LogP contribution in [0.4, 0.5) is 0 Å². The van der Waals surface area contributed by atoms with Gasteiger partial charge in [-0.1, -0.05) is 35.2 Å². The number of nitrogens with zero attached hydrogens (tertiary/aromatic N) is 4. The highest BCUT2D eigenvalue weighted by atomic mass is 32.2. The third kappa shape index (κ3) is 1.68. The van der Waals surface area contributed by atoms with Crippen LogP contribution in [0.3, 0.4) is 0 Å². The van der Waals surface area contributed by atoms with Gasteiger partial charge in [0.2, 0.25) is 4.96 Å². The summed E-state index contributed by atoms with van der Waals surface area (Å²) in [5, 5.41) is 17.8. The molecule has 2 aromatic heterocycles. The lowest BCUT2D eigenvalue weighted by molar-refractivity contribution is 0.937. The van der Waals surface area contributed by atoms with Crippen molar-refractivity contribution in [3.05, 3.63) is 24.3 Å². The second kappa shape index (κ2) is 4.02. The highest BCUT2D eigenvalue weighted by Crippen LogP contribution is 2.30. The summed E-state index contributed by atoms with van der Waals surface area (Å²) in [5.41, 5.74) is 1.10. The van der Waals surface area contributed by atoms with Gasteiger partial charge in [0.15, 0.2) is 5.16 Å². The summed E-state index contributed by atoms with van der Waals surface area (Å²) in [4.78, 5) is 0.874. The first-order valence-electron chi connectivity index (χ1n) is 5.08.